The van der Waals surface area contributed by atoms with Crippen LogP contribution in [0.2, 0.25) is 0 Å². The number of hydrogen-bond donors (Lipinski definition) is 2. The normalized spacial score (nSPS) is 13.7. The standard InChI is InChI=1S/C19H18FN5O2S/c20-17-13(5-6-15(24-17)25-8-1-2-9-25)18-23-14(16(28-18)19(26)27)11-22-12-4-3-7-21-10-12/h3-7,10,22H,1-2,8-9,11H2,(H,26,27). The van der Waals surface area contributed by atoms with Crippen molar-refractivity contribution in [2.75, 3.05) is 23.3 Å². The van der Waals surface area contributed by atoms with Crippen LogP contribution in [0, 0.1) is 5.95 Å². The molecule has 3 aromatic rings. The van der Waals surface area contributed by atoms with Gasteiger partial charge in [0.2, 0.25) is 5.95 Å². The van der Waals surface area contributed by atoms with E-state index in [0.29, 0.717) is 16.5 Å². The Morgan fingerprint density at radius 3 is 2.75 bits per heavy atom. The number of halogens is 1. The highest BCUT2D eigenvalue weighted by molar-refractivity contribution is 7.17. The lowest BCUT2D eigenvalue weighted by atomic mass is 10.2. The highest BCUT2D eigenvalue weighted by Crippen LogP contribution is 2.31. The van der Waals surface area contributed by atoms with Crippen LogP contribution in [0.3, 0.4) is 0 Å². The second-order valence-corrected chi connectivity index (χ2v) is 7.40. The van der Waals surface area contributed by atoms with E-state index in [-0.39, 0.29) is 17.0 Å². The second kappa shape index (κ2) is 7.89. The lowest BCUT2D eigenvalue weighted by Crippen LogP contribution is -2.19. The minimum absolute atomic E-state index is 0.0782. The van der Waals surface area contributed by atoms with Gasteiger partial charge in [0.25, 0.3) is 0 Å². The molecular formula is C19H18FN5O2S. The van der Waals surface area contributed by atoms with Gasteiger partial charge in [-0.15, -0.1) is 11.3 Å². The van der Waals surface area contributed by atoms with Crippen LogP contribution in [0.15, 0.2) is 36.7 Å². The number of anilines is 2. The average Bonchev–Trinajstić information content (AvgIpc) is 3.37. The number of thiazole rings is 1. The Balaban J connectivity index is 1.60. The lowest BCUT2D eigenvalue weighted by molar-refractivity contribution is 0.0701. The van der Waals surface area contributed by atoms with Gasteiger partial charge in [0, 0.05) is 25.5 Å². The van der Waals surface area contributed by atoms with E-state index in [1.807, 2.05) is 11.0 Å². The number of carboxylic acid groups (broad SMARTS) is 1. The lowest BCUT2D eigenvalue weighted by Gasteiger charge is -2.16. The molecule has 4 heterocycles. The third kappa shape index (κ3) is 3.79. The summed E-state index contributed by atoms with van der Waals surface area (Å²) in [6.45, 7) is 1.94. The van der Waals surface area contributed by atoms with E-state index < -0.39 is 11.9 Å². The van der Waals surface area contributed by atoms with Gasteiger partial charge in [0.05, 0.1) is 23.5 Å². The Morgan fingerprint density at radius 2 is 2.07 bits per heavy atom. The van der Waals surface area contributed by atoms with Crippen LogP contribution in [-0.4, -0.2) is 39.1 Å². The monoisotopic (exact) mass is 399 g/mol. The molecule has 0 amide bonds. The third-order valence-electron chi connectivity index (χ3n) is 4.51. The van der Waals surface area contributed by atoms with Crippen molar-refractivity contribution in [3.05, 3.63) is 53.2 Å². The van der Waals surface area contributed by atoms with E-state index in [9.17, 15) is 14.3 Å². The average molecular weight is 399 g/mol. The zero-order valence-electron chi connectivity index (χ0n) is 14.9. The van der Waals surface area contributed by atoms with Crippen LogP contribution in [0.4, 0.5) is 15.9 Å². The maximum atomic E-state index is 14.6. The quantitative estimate of drug-likeness (QED) is 0.611. The molecule has 7 nitrogen and oxygen atoms in total. The zero-order chi connectivity index (χ0) is 19.5. The van der Waals surface area contributed by atoms with Crippen molar-refractivity contribution in [3.63, 3.8) is 0 Å². The summed E-state index contributed by atoms with van der Waals surface area (Å²) < 4.78 is 14.6. The molecule has 1 saturated heterocycles. The molecule has 28 heavy (non-hydrogen) atoms. The Kier molecular flexibility index (Phi) is 5.16. The molecule has 4 rings (SSSR count). The van der Waals surface area contributed by atoms with Crippen molar-refractivity contribution in [2.45, 2.75) is 19.4 Å². The van der Waals surface area contributed by atoms with Gasteiger partial charge in [-0.05, 0) is 37.1 Å². The van der Waals surface area contributed by atoms with E-state index >= 15 is 0 Å². The molecule has 1 fully saturated rings. The van der Waals surface area contributed by atoms with Gasteiger partial charge >= 0.3 is 5.97 Å². The second-order valence-electron chi connectivity index (χ2n) is 6.40. The van der Waals surface area contributed by atoms with E-state index in [4.69, 9.17) is 0 Å². The first-order chi connectivity index (χ1) is 13.6. The van der Waals surface area contributed by atoms with Gasteiger partial charge in [-0.2, -0.15) is 4.39 Å². The fourth-order valence-electron chi connectivity index (χ4n) is 3.11. The molecular weight excluding hydrogens is 381 g/mol. The predicted molar refractivity (Wildman–Crippen MR) is 105 cm³/mol. The van der Waals surface area contributed by atoms with Crippen LogP contribution >= 0.6 is 11.3 Å². The van der Waals surface area contributed by atoms with E-state index in [2.05, 4.69) is 20.3 Å². The summed E-state index contributed by atoms with van der Waals surface area (Å²) in [5.74, 6) is -1.12. The zero-order valence-corrected chi connectivity index (χ0v) is 15.7. The number of pyridine rings is 2. The molecule has 0 atom stereocenters. The Labute approximate surface area is 164 Å². The van der Waals surface area contributed by atoms with Crippen LogP contribution in [-0.2, 0) is 6.54 Å². The molecule has 9 heteroatoms. The summed E-state index contributed by atoms with van der Waals surface area (Å²) in [6, 6.07) is 6.98. The number of carbonyl (C=O) groups is 1. The van der Waals surface area contributed by atoms with Crippen LogP contribution in [0.5, 0.6) is 0 Å². The molecule has 144 valence electrons. The summed E-state index contributed by atoms with van der Waals surface area (Å²) in [5.41, 5.74) is 1.30. The van der Waals surface area contributed by atoms with Gasteiger partial charge in [-0.25, -0.2) is 14.8 Å². The molecule has 2 N–H and O–H groups in total. The number of nitrogens with one attached hydrogen (secondary N) is 1. The largest absolute Gasteiger partial charge is 0.477 e. The van der Waals surface area contributed by atoms with Crippen LogP contribution in [0.1, 0.15) is 28.2 Å². The predicted octanol–water partition coefficient (Wildman–Crippen LogP) is 3.65. The summed E-state index contributed by atoms with van der Waals surface area (Å²) in [4.78, 5) is 26.2. The molecule has 0 radical (unpaired) electrons. The Hall–Kier alpha value is -3.07. The van der Waals surface area contributed by atoms with Crippen molar-refractivity contribution >= 4 is 28.8 Å². The van der Waals surface area contributed by atoms with Gasteiger partial charge in [0.15, 0.2) is 0 Å². The Bertz CT molecular complexity index is 989. The molecule has 0 spiro atoms. The smallest absolute Gasteiger partial charge is 0.347 e. The van der Waals surface area contributed by atoms with E-state index in [0.717, 1.165) is 43.0 Å². The SMILES string of the molecule is O=C(O)c1sc(-c2ccc(N3CCCC3)nc2F)nc1CNc1cccnc1. The van der Waals surface area contributed by atoms with Gasteiger partial charge in [-0.1, -0.05) is 0 Å². The Morgan fingerprint density at radius 1 is 1.25 bits per heavy atom. The number of aromatic carboxylic acids is 1. The fraction of sp³-hybridized carbons (Fsp3) is 0.263. The summed E-state index contributed by atoms with van der Waals surface area (Å²) >= 11 is 0.948. The summed E-state index contributed by atoms with van der Waals surface area (Å²) in [5, 5.41) is 12.9. The van der Waals surface area contributed by atoms with Crippen molar-refractivity contribution in [1.82, 2.24) is 15.0 Å². The van der Waals surface area contributed by atoms with Crippen molar-refractivity contribution < 1.29 is 14.3 Å². The van der Waals surface area contributed by atoms with Crippen LogP contribution in [0.25, 0.3) is 10.6 Å². The first-order valence-electron chi connectivity index (χ1n) is 8.90. The van der Waals surface area contributed by atoms with Gasteiger partial charge in [-0.3, -0.25) is 4.98 Å². The first kappa shape index (κ1) is 18.3. The molecule has 3 aromatic heterocycles. The summed E-state index contributed by atoms with van der Waals surface area (Å²) in [7, 11) is 0. The number of nitrogens with zero attached hydrogens (tertiary/aromatic N) is 4. The minimum atomic E-state index is -1.09. The topological polar surface area (TPSA) is 91.2 Å². The first-order valence-corrected chi connectivity index (χ1v) is 9.72. The molecule has 0 bridgehead atoms. The van der Waals surface area contributed by atoms with Crippen LogP contribution < -0.4 is 10.2 Å². The van der Waals surface area contributed by atoms with Crippen molar-refractivity contribution in [3.8, 4) is 10.6 Å². The number of carboxylic acids is 1. The van der Waals surface area contributed by atoms with Crippen molar-refractivity contribution in [2.24, 2.45) is 0 Å². The number of hydrogen-bond acceptors (Lipinski definition) is 7. The molecule has 0 saturated carbocycles. The minimum Gasteiger partial charge on any atom is -0.477 e. The molecule has 1 aliphatic heterocycles. The molecule has 1 aliphatic rings. The van der Waals surface area contributed by atoms with E-state index in [1.54, 1.807) is 30.6 Å². The van der Waals surface area contributed by atoms with Gasteiger partial charge in [0.1, 0.15) is 15.7 Å². The molecule has 0 aliphatic carbocycles. The highest BCUT2D eigenvalue weighted by Gasteiger charge is 2.22. The van der Waals surface area contributed by atoms with Gasteiger partial charge < -0.3 is 15.3 Å². The number of aromatic nitrogens is 3. The van der Waals surface area contributed by atoms with Crippen molar-refractivity contribution in [1.29, 1.82) is 0 Å². The maximum Gasteiger partial charge on any atom is 0.347 e. The van der Waals surface area contributed by atoms with E-state index in [1.165, 1.54) is 0 Å². The third-order valence-corrected chi connectivity index (χ3v) is 5.63. The molecule has 0 unspecified atom stereocenters. The maximum absolute atomic E-state index is 14.6. The highest BCUT2D eigenvalue weighted by atomic mass is 32.1. The number of rotatable bonds is 6. The summed E-state index contributed by atoms with van der Waals surface area (Å²) in [6.07, 6.45) is 5.43. The fourth-order valence-corrected chi connectivity index (χ4v) is 4.05. The molecule has 0 aromatic carbocycles.